The van der Waals surface area contributed by atoms with Gasteiger partial charge in [-0.1, -0.05) is 0 Å². The minimum absolute atomic E-state index is 0.736. The molecule has 0 bridgehead atoms. The second-order valence-corrected chi connectivity index (χ2v) is 2.58. The molecule has 0 saturated heterocycles. The van der Waals surface area contributed by atoms with Gasteiger partial charge in [0.15, 0.2) is 0 Å². The topological polar surface area (TPSA) is 9.23 Å². The first-order valence-electron chi connectivity index (χ1n) is 3.11. The van der Waals surface area contributed by atoms with Crippen molar-refractivity contribution in [3.05, 3.63) is 0 Å². The number of alkyl halides is 9. The van der Waals surface area contributed by atoms with Gasteiger partial charge in [0.05, 0.1) is 0 Å². The van der Waals surface area contributed by atoms with E-state index in [-0.39, 0.29) is 0 Å². The molecule has 0 amide bonds. The summed E-state index contributed by atoms with van der Waals surface area (Å²) in [6.07, 6.45) is -18.5. The average Bonchev–Trinajstić information content (AvgIpc) is 1.77. The molecule has 92 valence electrons. The van der Waals surface area contributed by atoms with Gasteiger partial charge in [-0.05, 0) is 6.92 Å². The Bertz CT molecular complexity index is 206. The van der Waals surface area contributed by atoms with E-state index in [0.29, 0.717) is 0 Å². The lowest BCUT2D eigenvalue weighted by molar-refractivity contribution is -0.462. The predicted molar refractivity (Wildman–Crippen MR) is 27.7 cm³/mol. The first-order chi connectivity index (χ1) is 6.21. The zero-order valence-corrected chi connectivity index (χ0v) is 6.81. The fourth-order valence-corrected chi connectivity index (χ4v) is 0.508. The molecule has 0 rings (SSSR count). The van der Waals surface area contributed by atoms with Crippen LogP contribution in [0.3, 0.4) is 0 Å². The molecule has 0 aromatic rings. The van der Waals surface area contributed by atoms with Gasteiger partial charge < -0.3 is 0 Å². The fourth-order valence-electron chi connectivity index (χ4n) is 0.508. The highest BCUT2D eigenvalue weighted by molar-refractivity contribution is 4.91. The Kier molecular flexibility index (Phi) is 3.27. The Morgan fingerprint density at radius 2 is 0.933 bits per heavy atom. The summed E-state index contributed by atoms with van der Waals surface area (Å²) < 4.78 is 107. The van der Waals surface area contributed by atoms with E-state index >= 15 is 0 Å². The minimum atomic E-state index is -6.22. The highest BCUT2D eigenvalue weighted by Gasteiger charge is 2.72. The van der Waals surface area contributed by atoms with Gasteiger partial charge in [-0.25, -0.2) is 0 Å². The normalized spacial score (nSPS) is 15.6. The Balaban J connectivity index is 5.26. The van der Waals surface area contributed by atoms with Crippen molar-refractivity contribution in [1.82, 2.24) is 0 Å². The lowest BCUT2D eigenvalue weighted by atomic mass is 10.1. The van der Waals surface area contributed by atoms with Crippen LogP contribution in [0.5, 0.6) is 0 Å². The molecule has 0 heterocycles. The third-order valence-corrected chi connectivity index (χ3v) is 1.40. The van der Waals surface area contributed by atoms with Crippen LogP contribution in [-0.2, 0) is 4.74 Å². The Morgan fingerprint density at radius 1 is 0.667 bits per heavy atom. The maximum atomic E-state index is 11.8. The van der Waals surface area contributed by atoms with E-state index in [2.05, 4.69) is 4.74 Å². The average molecular weight is 250 g/mol. The lowest BCUT2D eigenvalue weighted by Gasteiger charge is -2.33. The van der Waals surface area contributed by atoms with Gasteiger partial charge in [0.2, 0.25) is 0 Å². The molecule has 10 heteroatoms. The van der Waals surface area contributed by atoms with Crippen molar-refractivity contribution < 1.29 is 44.3 Å². The van der Waals surface area contributed by atoms with E-state index in [1.807, 2.05) is 0 Å². The minimum Gasteiger partial charge on any atom is -0.266 e. The maximum absolute atomic E-state index is 11.8. The first-order valence-corrected chi connectivity index (χ1v) is 3.11. The highest BCUT2D eigenvalue weighted by Crippen LogP contribution is 2.48. The number of rotatable bonds is 1. The summed E-state index contributed by atoms with van der Waals surface area (Å²) in [5.74, 6) is 0. The van der Waals surface area contributed by atoms with Crippen molar-refractivity contribution >= 4 is 0 Å². The van der Waals surface area contributed by atoms with Crippen LogP contribution < -0.4 is 0 Å². The molecule has 0 aliphatic heterocycles. The van der Waals surface area contributed by atoms with Gasteiger partial charge in [-0.2, -0.15) is 26.3 Å². The SMILES string of the molecule is CC(OC(F)(F)F)(C(F)(F)F)C(F)(F)F. The van der Waals surface area contributed by atoms with E-state index in [9.17, 15) is 39.5 Å². The van der Waals surface area contributed by atoms with Crippen molar-refractivity contribution in [2.24, 2.45) is 0 Å². The molecule has 0 unspecified atom stereocenters. The summed E-state index contributed by atoms with van der Waals surface area (Å²) in [5.41, 5.74) is -5.27. The van der Waals surface area contributed by atoms with Gasteiger partial charge in [0.25, 0.3) is 5.60 Å². The van der Waals surface area contributed by atoms with Crippen LogP contribution in [0.25, 0.3) is 0 Å². The molecule has 0 N–H and O–H groups in total. The molecule has 0 saturated carbocycles. The van der Waals surface area contributed by atoms with Crippen LogP contribution >= 0.6 is 0 Å². The number of hydrogen-bond acceptors (Lipinski definition) is 1. The van der Waals surface area contributed by atoms with Gasteiger partial charge in [0.1, 0.15) is 0 Å². The van der Waals surface area contributed by atoms with Gasteiger partial charge in [-0.15, -0.1) is 13.2 Å². The van der Waals surface area contributed by atoms with E-state index in [1.165, 1.54) is 0 Å². The summed E-state index contributed by atoms with van der Waals surface area (Å²) in [6, 6.07) is 0. The fraction of sp³-hybridized carbons (Fsp3) is 1.00. The second kappa shape index (κ2) is 3.42. The molecule has 0 spiro atoms. The molecule has 0 atom stereocenters. The molecule has 0 aliphatic carbocycles. The molecule has 0 fully saturated rings. The lowest BCUT2D eigenvalue weighted by Crippen LogP contribution is -2.58. The van der Waals surface area contributed by atoms with Crippen LogP contribution in [-0.4, -0.2) is 24.3 Å². The van der Waals surface area contributed by atoms with E-state index in [4.69, 9.17) is 0 Å². The molecule has 0 aliphatic rings. The second-order valence-electron chi connectivity index (χ2n) is 2.58. The largest absolute Gasteiger partial charge is 0.523 e. The summed E-state index contributed by atoms with van der Waals surface area (Å²) in [7, 11) is 0. The van der Waals surface area contributed by atoms with E-state index < -0.39 is 31.2 Å². The van der Waals surface area contributed by atoms with Crippen LogP contribution in [0.1, 0.15) is 6.92 Å². The zero-order valence-electron chi connectivity index (χ0n) is 6.81. The highest BCUT2D eigenvalue weighted by atomic mass is 19.4. The number of halogens is 9. The quantitative estimate of drug-likeness (QED) is 0.648. The summed E-state index contributed by atoms with van der Waals surface area (Å²) >= 11 is 0. The van der Waals surface area contributed by atoms with E-state index in [1.54, 1.807) is 0 Å². The van der Waals surface area contributed by atoms with Crippen molar-refractivity contribution in [2.45, 2.75) is 31.2 Å². The standard InChI is InChI=1S/C5H3F9O/c1-2(3(6,7)8,4(9,10)11)15-5(12,13)14/h1H3. The van der Waals surface area contributed by atoms with Crippen LogP contribution in [0.15, 0.2) is 0 Å². The summed E-state index contributed by atoms with van der Waals surface area (Å²) in [4.78, 5) is 0. The van der Waals surface area contributed by atoms with Crippen molar-refractivity contribution in [2.75, 3.05) is 0 Å². The van der Waals surface area contributed by atoms with Crippen molar-refractivity contribution in [3.8, 4) is 0 Å². The predicted octanol–water partition coefficient (Wildman–Crippen LogP) is 3.41. The summed E-state index contributed by atoms with van der Waals surface area (Å²) in [5, 5.41) is 0. The first kappa shape index (κ1) is 14.3. The van der Waals surface area contributed by atoms with Crippen molar-refractivity contribution in [3.63, 3.8) is 0 Å². The van der Waals surface area contributed by atoms with Crippen LogP contribution in [0.4, 0.5) is 39.5 Å². The molecular formula is C5H3F9O. The zero-order chi connectivity index (χ0) is 12.7. The molecule has 0 radical (unpaired) electrons. The summed E-state index contributed by atoms with van der Waals surface area (Å²) in [6.45, 7) is -0.736. The number of hydrogen-bond donors (Lipinski definition) is 0. The van der Waals surface area contributed by atoms with E-state index in [0.717, 1.165) is 0 Å². The van der Waals surface area contributed by atoms with Gasteiger partial charge >= 0.3 is 18.7 Å². The monoisotopic (exact) mass is 250 g/mol. The Hall–Kier alpha value is -0.670. The molecule has 1 nitrogen and oxygen atoms in total. The van der Waals surface area contributed by atoms with Gasteiger partial charge in [0, 0.05) is 0 Å². The molecule has 15 heavy (non-hydrogen) atoms. The third-order valence-electron chi connectivity index (χ3n) is 1.40. The van der Waals surface area contributed by atoms with Crippen LogP contribution in [0.2, 0.25) is 0 Å². The molecule has 0 aromatic carbocycles. The number of ether oxygens (including phenoxy) is 1. The molecular weight excluding hydrogens is 247 g/mol. The molecule has 0 aromatic heterocycles. The Morgan fingerprint density at radius 3 is 1.00 bits per heavy atom. The van der Waals surface area contributed by atoms with Crippen molar-refractivity contribution in [1.29, 1.82) is 0 Å². The van der Waals surface area contributed by atoms with Gasteiger partial charge in [-0.3, -0.25) is 4.74 Å². The van der Waals surface area contributed by atoms with Crippen LogP contribution in [0, 0.1) is 0 Å². The smallest absolute Gasteiger partial charge is 0.266 e. The maximum Gasteiger partial charge on any atom is 0.523 e. The third kappa shape index (κ3) is 3.14. The Labute approximate surface area is 76.8 Å².